The van der Waals surface area contributed by atoms with Gasteiger partial charge in [-0.1, -0.05) is 27.2 Å². The van der Waals surface area contributed by atoms with Crippen LogP contribution in [0.4, 0.5) is 0 Å². The lowest BCUT2D eigenvalue weighted by Gasteiger charge is -2.25. The van der Waals surface area contributed by atoms with Crippen LogP contribution in [0.15, 0.2) is 0 Å². The number of nitrogens with one attached hydrogen (secondary N) is 1. The van der Waals surface area contributed by atoms with Crippen molar-refractivity contribution in [2.45, 2.75) is 59.0 Å². The molecule has 2 nitrogen and oxygen atoms in total. The largest absolute Gasteiger partial charge is 0.312 e. The van der Waals surface area contributed by atoms with Crippen LogP contribution in [-0.4, -0.2) is 37.6 Å². The van der Waals surface area contributed by atoms with Crippen molar-refractivity contribution in [2.24, 2.45) is 5.92 Å². The molecule has 0 radical (unpaired) electrons. The molecule has 2 heteroatoms. The van der Waals surface area contributed by atoms with Gasteiger partial charge in [-0.2, -0.15) is 0 Å². The first-order chi connectivity index (χ1) is 7.01. The topological polar surface area (TPSA) is 15.3 Å². The number of rotatable bonds is 8. The van der Waals surface area contributed by atoms with E-state index < -0.39 is 0 Å². The second-order valence-electron chi connectivity index (χ2n) is 5.08. The minimum absolute atomic E-state index is 0.621. The summed E-state index contributed by atoms with van der Waals surface area (Å²) in [7, 11) is 4.28. The number of hydrogen-bond donors (Lipinski definition) is 1. The van der Waals surface area contributed by atoms with Crippen LogP contribution in [0, 0.1) is 5.92 Å². The van der Waals surface area contributed by atoms with Crippen LogP contribution in [0.2, 0.25) is 0 Å². The van der Waals surface area contributed by atoms with Crippen LogP contribution in [0.25, 0.3) is 0 Å². The van der Waals surface area contributed by atoms with Crippen LogP contribution in [0.5, 0.6) is 0 Å². The molecule has 0 heterocycles. The van der Waals surface area contributed by atoms with Gasteiger partial charge in [-0.3, -0.25) is 0 Å². The fourth-order valence-electron chi connectivity index (χ4n) is 1.57. The maximum absolute atomic E-state index is 3.67. The number of hydrogen-bond acceptors (Lipinski definition) is 2. The molecular formula is C13H30N2. The van der Waals surface area contributed by atoms with Gasteiger partial charge < -0.3 is 10.2 Å². The Morgan fingerprint density at radius 1 is 1.07 bits per heavy atom. The average molecular weight is 214 g/mol. The van der Waals surface area contributed by atoms with E-state index >= 15 is 0 Å². The third-order valence-electron chi connectivity index (χ3n) is 3.46. The first-order valence-electron chi connectivity index (χ1n) is 6.41. The summed E-state index contributed by atoms with van der Waals surface area (Å²) in [5.41, 5.74) is 0. The van der Waals surface area contributed by atoms with Crippen LogP contribution in [0.1, 0.15) is 47.0 Å². The molecule has 0 aromatic carbocycles. The molecule has 3 unspecified atom stereocenters. The highest BCUT2D eigenvalue weighted by Crippen LogP contribution is 2.11. The second kappa shape index (κ2) is 8.12. The van der Waals surface area contributed by atoms with Crippen LogP contribution in [-0.2, 0) is 0 Å². The van der Waals surface area contributed by atoms with Gasteiger partial charge in [0.15, 0.2) is 0 Å². The lowest BCUT2D eigenvalue weighted by Crippen LogP contribution is -2.40. The molecule has 0 aliphatic heterocycles. The first-order valence-corrected chi connectivity index (χ1v) is 6.41. The van der Waals surface area contributed by atoms with E-state index in [2.05, 4.69) is 52.0 Å². The highest BCUT2D eigenvalue weighted by Gasteiger charge is 2.11. The van der Waals surface area contributed by atoms with Crippen molar-refractivity contribution in [3.8, 4) is 0 Å². The molecule has 0 spiro atoms. The molecule has 0 amide bonds. The number of likely N-dealkylation sites (N-methyl/N-ethyl adjacent to an activating group) is 1. The standard InChI is InChI=1S/C13H30N2/c1-7-11(3)9-13(8-2)14-10-12(4)15(5)6/h11-14H,7-10H2,1-6H3. The summed E-state index contributed by atoms with van der Waals surface area (Å²) in [6, 6.07) is 1.32. The van der Waals surface area contributed by atoms with Gasteiger partial charge in [0.25, 0.3) is 0 Å². The minimum atomic E-state index is 0.621. The van der Waals surface area contributed by atoms with Gasteiger partial charge in [0, 0.05) is 18.6 Å². The van der Waals surface area contributed by atoms with Gasteiger partial charge in [-0.15, -0.1) is 0 Å². The normalized spacial score (nSPS) is 17.8. The van der Waals surface area contributed by atoms with Gasteiger partial charge in [-0.05, 0) is 39.8 Å². The fourth-order valence-corrected chi connectivity index (χ4v) is 1.57. The van der Waals surface area contributed by atoms with Crippen molar-refractivity contribution in [3.05, 3.63) is 0 Å². The quantitative estimate of drug-likeness (QED) is 0.668. The molecule has 0 aliphatic rings. The van der Waals surface area contributed by atoms with Crippen LogP contribution in [0.3, 0.4) is 0 Å². The molecule has 0 saturated carbocycles. The van der Waals surface area contributed by atoms with Crippen molar-refractivity contribution < 1.29 is 0 Å². The highest BCUT2D eigenvalue weighted by atomic mass is 15.1. The summed E-state index contributed by atoms with van der Waals surface area (Å²) in [4.78, 5) is 2.27. The van der Waals surface area contributed by atoms with E-state index in [9.17, 15) is 0 Å². The van der Waals surface area contributed by atoms with Gasteiger partial charge in [0.05, 0.1) is 0 Å². The maximum Gasteiger partial charge on any atom is 0.0186 e. The molecule has 0 rings (SSSR count). The monoisotopic (exact) mass is 214 g/mol. The maximum atomic E-state index is 3.67. The molecule has 92 valence electrons. The molecule has 0 aromatic rings. The van der Waals surface area contributed by atoms with E-state index in [0.717, 1.165) is 12.5 Å². The summed E-state index contributed by atoms with van der Waals surface area (Å²) in [5, 5.41) is 3.67. The molecule has 0 fully saturated rings. The Hall–Kier alpha value is -0.0800. The zero-order chi connectivity index (χ0) is 11.8. The van der Waals surface area contributed by atoms with Gasteiger partial charge >= 0.3 is 0 Å². The molecular weight excluding hydrogens is 184 g/mol. The zero-order valence-corrected chi connectivity index (χ0v) is 11.5. The smallest absolute Gasteiger partial charge is 0.0186 e. The lowest BCUT2D eigenvalue weighted by molar-refractivity contribution is 0.281. The Kier molecular flexibility index (Phi) is 8.07. The molecule has 1 N–H and O–H groups in total. The Morgan fingerprint density at radius 3 is 2.07 bits per heavy atom. The molecule has 0 saturated heterocycles. The highest BCUT2D eigenvalue weighted by molar-refractivity contribution is 4.71. The van der Waals surface area contributed by atoms with Crippen LogP contribution >= 0.6 is 0 Å². The van der Waals surface area contributed by atoms with Gasteiger partial charge in [0.1, 0.15) is 0 Å². The van der Waals surface area contributed by atoms with Crippen molar-refractivity contribution in [1.82, 2.24) is 10.2 Å². The Balaban J connectivity index is 3.79. The van der Waals surface area contributed by atoms with Gasteiger partial charge in [0.2, 0.25) is 0 Å². The second-order valence-corrected chi connectivity index (χ2v) is 5.08. The average Bonchev–Trinajstić information content (AvgIpc) is 2.22. The third-order valence-corrected chi connectivity index (χ3v) is 3.46. The fraction of sp³-hybridized carbons (Fsp3) is 1.00. The summed E-state index contributed by atoms with van der Waals surface area (Å²) < 4.78 is 0. The summed E-state index contributed by atoms with van der Waals surface area (Å²) >= 11 is 0. The van der Waals surface area contributed by atoms with Crippen LogP contribution < -0.4 is 5.32 Å². The SMILES string of the molecule is CCC(C)CC(CC)NCC(C)N(C)C. The van der Waals surface area contributed by atoms with Crippen molar-refractivity contribution in [3.63, 3.8) is 0 Å². The van der Waals surface area contributed by atoms with E-state index in [-0.39, 0.29) is 0 Å². The van der Waals surface area contributed by atoms with E-state index in [1.54, 1.807) is 0 Å². The van der Waals surface area contributed by atoms with Crippen molar-refractivity contribution in [2.75, 3.05) is 20.6 Å². The Bertz CT molecular complexity index is 145. The van der Waals surface area contributed by atoms with E-state index in [1.807, 2.05) is 0 Å². The third kappa shape index (κ3) is 6.91. The van der Waals surface area contributed by atoms with Gasteiger partial charge in [-0.25, -0.2) is 0 Å². The molecule has 0 aromatic heterocycles. The number of nitrogens with zero attached hydrogens (tertiary/aromatic N) is 1. The molecule has 0 aliphatic carbocycles. The molecule has 3 atom stereocenters. The molecule has 0 bridgehead atoms. The predicted octanol–water partition coefficient (Wildman–Crippen LogP) is 2.74. The van der Waals surface area contributed by atoms with E-state index in [1.165, 1.54) is 19.3 Å². The first kappa shape index (κ1) is 14.9. The van der Waals surface area contributed by atoms with E-state index in [4.69, 9.17) is 0 Å². The predicted molar refractivity (Wildman–Crippen MR) is 69.3 cm³/mol. The van der Waals surface area contributed by atoms with Crippen molar-refractivity contribution >= 4 is 0 Å². The summed E-state index contributed by atoms with van der Waals surface area (Å²) in [6.45, 7) is 10.3. The van der Waals surface area contributed by atoms with Crippen molar-refractivity contribution in [1.29, 1.82) is 0 Å². The Morgan fingerprint density at radius 2 is 1.67 bits per heavy atom. The summed E-state index contributed by atoms with van der Waals surface area (Å²) in [6.07, 6.45) is 3.85. The lowest BCUT2D eigenvalue weighted by atomic mass is 9.97. The minimum Gasteiger partial charge on any atom is -0.312 e. The zero-order valence-electron chi connectivity index (χ0n) is 11.5. The molecule has 15 heavy (non-hydrogen) atoms. The summed E-state index contributed by atoms with van der Waals surface area (Å²) in [5.74, 6) is 0.845. The Labute approximate surface area is 96.4 Å². The van der Waals surface area contributed by atoms with E-state index in [0.29, 0.717) is 12.1 Å².